The van der Waals surface area contributed by atoms with Crippen LogP contribution in [0.1, 0.15) is 22.3 Å². The van der Waals surface area contributed by atoms with Crippen molar-refractivity contribution in [3.63, 3.8) is 0 Å². The molecule has 3 aromatic carbocycles. The van der Waals surface area contributed by atoms with E-state index in [-0.39, 0.29) is 5.57 Å². The van der Waals surface area contributed by atoms with Crippen LogP contribution in [0.4, 0.5) is 0 Å². The molecule has 0 spiro atoms. The first-order chi connectivity index (χ1) is 16.5. The third-order valence-corrected chi connectivity index (χ3v) is 5.96. The number of benzene rings is 3. The Kier molecular flexibility index (Phi) is 7.46. The Labute approximate surface area is 207 Å². The zero-order chi connectivity index (χ0) is 23.9. The Bertz CT molecular complexity index is 1400. The molecule has 1 heterocycles. The molecule has 5 nitrogen and oxygen atoms in total. The molecule has 0 aliphatic rings. The third-order valence-electron chi connectivity index (χ3n) is 5.47. The van der Waals surface area contributed by atoms with Crippen molar-refractivity contribution in [2.75, 3.05) is 6.54 Å². The van der Waals surface area contributed by atoms with Crippen LogP contribution in [0.5, 0.6) is 5.75 Å². The first-order valence-corrected chi connectivity index (χ1v) is 11.8. The number of halogens is 1. The lowest BCUT2D eigenvalue weighted by molar-refractivity contribution is -0.117. The Hall–Kier alpha value is -3.82. The zero-order valence-electron chi connectivity index (χ0n) is 18.8. The van der Waals surface area contributed by atoms with Crippen molar-refractivity contribution in [1.29, 1.82) is 5.26 Å². The van der Waals surface area contributed by atoms with E-state index in [2.05, 4.69) is 38.4 Å². The first-order valence-electron chi connectivity index (χ1n) is 11.0. The van der Waals surface area contributed by atoms with Crippen molar-refractivity contribution in [3.8, 4) is 11.8 Å². The number of nitriles is 1. The van der Waals surface area contributed by atoms with Crippen molar-refractivity contribution in [1.82, 2.24) is 10.3 Å². The number of nitrogens with one attached hydrogen (secondary N) is 2. The number of para-hydroxylation sites is 1. The second-order valence-corrected chi connectivity index (χ2v) is 8.91. The van der Waals surface area contributed by atoms with Crippen molar-refractivity contribution >= 4 is 38.8 Å². The van der Waals surface area contributed by atoms with Crippen LogP contribution in [-0.4, -0.2) is 17.4 Å². The summed E-state index contributed by atoms with van der Waals surface area (Å²) >= 11 is 3.46. The lowest BCUT2D eigenvalue weighted by Gasteiger charge is -2.11. The summed E-state index contributed by atoms with van der Waals surface area (Å²) in [6.07, 6.45) is 4.19. The van der Waals surface area contributed by atoms with Crippen LogP contribution >= 0.6 is 15.9 Å². The predicted octanol–water partition coefficient (Wildman–Crippen LogP) is 6.08. The lowest BCUT2D eigenvalue weighted by Crippen LogP contribution is -2.26. The second kappa shape index (κ2) is 10.9. The maximum absolute atomic E-state index is 12.7. The minimum Gasteiger partial charge on any atom is -0.488 e. The van der Waals surface area contributed by atoms with Gasteiger partial charge in [-0.1, -0.05) is 64.0 Å². The van der Waals surface area contributed by atoms with Crippen LogP contribution in [0.25, 0.3) is 17.0 Å². The number of fused-ring (bicyclic) bond motifs is 1. The monoisotopic (exact) mass is 513 g/mol. The molecular weight excluding hydrogens is 490 g/mol. The summed E-state index contributed by atoms with van der Waals surface area (Å²) in [5.41, 5.74) is 5.08. The van der Waals surface area contributed by atoms with E-state index >= 15 is 0 Å². The molecule has 0 radical (unpaired) electrons. The molecule has 0 bridgehead atoms. The highest BCUT2D eigenvalue weighted by molar-refractivity contribution is 9.10. The molecule has 1 aromatic heterocycles. The average molecular weight is 514 g/mol. The van der Waals surface area contributed by atoms with Gasteiger partial charge in [-0.15, -0.1) is 0 Å². The summed E-state index contributed by atoms with van der Waals surface area (Å²) in [4.78, 5) is 16.0. The van der Waals surface area contributed by atoms with Gasteiger partial charge in [0.05, 0.1) is 0 Å². The largest absolute Gasteiger partial charge is 0.488 e. The summed E-state index contributed by atoms with van der Waals surface area (Å²) in [5.74, 6) is 0.191. The molecule has 34 heavy (non-hydrogen) atoms. The summed E-state index contributed by atoms with van der Waals surface area (Å²) < 4.78 is 6.85. The van der Waals surface area contributed by atoms with Crippen LogP contribution in [0, 0.1) is 18.3 Å². The Balaban J connectivity index is 1.44. The summed E-state index contributed by atoms with van der Waals surface area (Å²) in [7, 11) is 0. The van der Waals surface area contributed by atoms with Crippen molar-refractivity contribution in [3.05, 3.63) is 105 Å². The fraction of sp³-hybridized carbons (Fsp3) is 0.143. The molecule has 0 atom stereocenters. The van der Waals surface area contributed by atoms with E-state index < -0.39 is 5.91 Å². The number of rotatable bonds is 8. The highest BCUT2D eigenvalue weighted by Crippen LogP contribution is 2.26. The molecule has 0 aliphatic carbocycles. The van der Waals surface area contributed by atoms with E-state index in [9.17, 15) is 10.1 Å². The number of hydrogen-bond donors (Lipinski definition) is 2. The van der Waals surface area contributed by atoms with Crippen LogP contribution in [-0.2, 0) is 17.8 Å². The molecule has 0 unspecified atom stereocenters. The number of H-pyrrole nitrogens is 1. The fourth-order valence-electron chi connectivity index (χ4n) is 3.78. The number of aryl methyl sites for hydroxylation is 1. The van der Waals surface area contributed by atoms with Crippen molar-refractivity contribution in [2.24, 2.45) is 0 Å². The van der Waals surface area contributed by atoms with E-state index in [1.165, 1.54) is 0 Å². The minimum atomic E-state index is -0.410. The highest BCUT2D eigenvalue weighted by atomic mass is 79.9. The number of carbonyl (C=O) groups is 1. The van der Waals surface area contributed by atoms with E-state index in [1.807, 2.05) is 73.8 Å². The van der Waals surface area contributed by atoms with E-state index in [0.717, 1.165) is 32.1 Å². The molecular formula is C28H24BrN3O2. The standard InChI is InChI=1S/C28H24BrN3O2/c1-19-5-4-6-20(13-19)18-34-27-10-9-24(29)15-22(27)14-23(16-30)28(33)31-12-11-21-17-32-26-8-3-2-7-25(21)26/h2-10,13-15,17,32H,11-12,18H2,1H3,(H,31,33)/b23-14-. The summed E-state index contributed by atoms with van der Waals surface area (Å²) in [6.45, 7) is 2.85. The van der Waals surface area contributed by atoms with Crippen LogP contribution in [0.15, 0.2) is 83.0 Å². The molecule has 2 N–H and O–H groups in total. The molecule has 1 amide bonds. The molecule has 6 heteroatoms. The van der Waals surface area contributed by atoms with Gasteiger partial charge in [-0.25, -0.2) is 0 Å². The van der Waals surface area contributed by atoms with Gasteiger partial charge in [0.2, 0.25) is 0 Å². The average Bonchev–Trinajstić information content (AvgIpc) is 3.25. The lowest BCUT2D eigenvalue weighted by atomic mass is 10.1. The van der Waals surface area contributed by atoms with Crippen LogP contribution < -0.4 is 10.1 Å². The Morgan fingerprint density at radius 2 is 2.00 bits per heavy atom. The first kappa shape index (κ1) is 23.3. The Morgan fingerprint density at radius 3 is 2.82 bits per heavy atom. The number of carbonyl (C=O) groups excluding carboxylic acids is 1. The molecule has 4 aromatic rings. The topological polar surface area (TPSA) is 77.9 Å². The molecule has 0 fully saturated rings. The van der Waals surface area contributed by atoms with Gasteiger partial charge in [-0.2, -0.15) is 5.26 Å². The molecule has 0 saturated carbocycles. The highest BCUT2D eigenvalue weighted by Gasteiger charge is 2.12. The smallest absolute Gasteiger partial charge is 0.261 e. The molecule has 4 rings (SSSR count). The van der Waals surface area contributed by atoms with Crippen LogP contribution in [0.3, 0.4) is 0 Å². The number of amides is 1. The molecule has 170 valence electrons. The summed E-state index contributed by atoms with van der Waals surface area (Å²) in [6, 6.07) is 23.7. The van der Waals surface area contributed by atoms with E-state index in [0.29, 0.717) is 30.9 Å². The minimum absolute atomic E-state index is 0.0254. The van der Waals surface area contributed by atoms with E-state index in [1.54, 1.807) is 6.08 Å². The number of aromatic amines is 1. The normalized spacial score (nSPS) is 11.3. The fourth-order valence-corrected chi connectivity index (χ4v) is 4.15. The number of nitrogens with zero attached hydrogens (tertiary/aromatic N) is 1. The number of hydrogen-bond acceptors (Lipinski definition) is 3. The van der Waals surface area contributed by atoms with E-state index in [4.69, 9.17) is 4.74 Å². The second-order valence-electron chi connectivity index (χ2n) is 8.00. The number of ether oxygens (including phenoxy) is 1. The molecule has 0 aliphatic heterocycles. The van der Waals surface area contributed by atoms with Gasteiger partial charge in [-0.3, -0.25) is 4.79 Å². The van der Waals surface area contributed by atoms with Gasteiger partial charge < -0.3 is 15.0 Å². The maximum atomic E-state index is 12.7. The predicted molar refractivity (Wildman–Crippen MR) is 138 cm³/mol. The van der Waals surface area contributed by atoms with Gasteiger partial charge >= 0.3 is 0 Å². The maximum Gasteiger partial charge on any atom is 0.261 e. The Morgan fingerprint density at radius 1 is 1.15 bits per heavy atom. The van der Waals surface area contributed by atoms with Crippen LogP contribution in [0.2, 0.25) is 0 Å². The van der Waals surface area contributed by atoms with Gasteiger partial charge in [0, 0.05) is 33.7 Å². The van der Waals surface area contributed by atoms with Gasteiger partial charge in [-0.05, 0) is 54.8 Å². The van der Waals surface area contributed by atoms with Crippen molar-refractivity contribution < 1.29 is 9.53 Å². The quantitative estimate of drug-likeness (QED) is 0.221. The van der Waals surface area contributed by atoms with Gasteiger partial charge in [0.15, 0.2) is 0 Å². The zero-order valence-corrected chi connectivity index (χ0v) is 20.4. The van der Waals surface area contributed by atoms with Gasteiger partial charge in [0.1, 0.15) is 24.0 Å². The van der Waals surface area contributed by atoms with Gasteiger partial charge in [0.25, 0.3) is 5.91 Å². The summed E-state index contributed by atoms with van der Waals surface area (Å²) in [5, 5.41) is 13.6. The SMILES string of the molecule is Cc1cccc(COc2ccc(Br)cc2/C=C(/C#N)C(=O)NCCc2c[nH]c3ccccc23)c1. The number of aromatic nitrogens is 1. The molecule has 0 saturated heterocycles. The van der Waals surface area contributed by atoms with Crippen molar-refractivity contribution in [2.45, 2.75) is 20.0 Å². The third kappa shape index (κ3) is 5.75.